The molecule has 180 valence electrons. The van der Waals surface area contributed by atoms with Crippen LogP contribution in [0.5, 0.6) is 0 Å². The zero-order chi connectivity index (χ0) is 24.4. The van der Waals surface area contributed by atoms with Crippen molar-refractivity contribution < 1.29 is 0 Å². The number of pyridine rings is 1. The van der Waals surface area contributed by atoms with Gasteiger partial charge in [-0.1, -0.05) is 31.2 Å². The third-order valence-corrected chi connectivity index (χ3v) is 7.82. The number of aromatic amines is 1. The molecule has 3 aromatic rings. The summed E-state index contributed by atoms with van der Waals surface area (Å²) in [6.45, 7) is 14.0. The molecule has 6 heteroatoms. The smallest absolute Gasteiger partial charge is 0.253 e. The Morgan fingerprint density at radius 1 is 1.15 bits per heavy atom. The summed E-state index contributed by atoms with van der Waals surface area (Å²) < 4.78 is 0. The quantitative estimate of drug-likeness (QED) is 0.464. The standard InChI is InChI=1S/C28H36N4OS/c1-6-31-14-8-10-24(31)17-32(28(34)29-25-11-7-9-18(2)20(25)4)16-23-15-22-13-12-19(3)21(5)26(22)30-27(23)33/h7,9,11-13,15,24H,6,8,10,14,16-17H2,1-5H3,(H,29,34)(H,30,33)/t24-/m1/s1. The highest BCUT2D eigenvalue weighted by Crippen LogP contribution is 2.23. The number of hydrogen-bond donors (Lipinski definition) is 2. The molecule has 1 aliphatic heterocycles. The number of aryl methyl sites for hydroxylation is 3. The largest absolute Gasteiger partial charge is 0.343 e. The summed E-state index contributed by atoms with van der Waals surface area (Å²) in [5.41, 5.74) is 7.35. The maximum Gasteiger partial charge on any atom is 0.253 e. The predicted molar refractivity (Wildman–Crippen MR) is 147 cm³/mol. The zero-order valence-corrected chi connectivity index (χ0v) is 21.8. The molecule has 1 atom stereocenters. The molecule has 0 radical (unpaired) electrons. The predicted octanol–water partition coefficient (Wildman–Crippen LogP) is 5.45. The van der Waals surface area contributed by atoms with Crippen LogP contribution in [0.15, 0.2) is 41.2 Å². The number of fused-ring (bicyclic) bond motifs is 1. The van der Waals surface area contributed by atoms with Crippen molar-refractivity contribution in [3.63, 3.8) is 0 Å². The summed E-state index contributed by atoms with van der Waals surface area (Å²) >= 11 is 5.93. The molecule has 0 bridgehead atoms. The Balaban J connectivity index is 1.65. The molecule has 0 saturated carbocycles. The van der Waals surface area contributed by atoms with Crippen LogP contribution in [-0.2, 0) is 6.54 Å². The Kier molecular flexibility index (Phi) is 7.39. The summed E-state index contributed by atoms with van der Waals surface area (Å²) in [5, 5.41) is 5.20. The van der Waals surface area contributed by atoms with Crippen LogP contribution in [0.2, 0.25) is 0 Å². The van der Waals surface area contributed by atoms with Gasteiger partial charge in [0.2, 0.25) is 0 Å². The highest BCUT2D eigenvalue weighted by atomic mass is 32.1. The molecule has 4 rings (SSSR count). The summed E-state index contributed by atoms with van der Waals surface area (Å²) in [5.74, 6) is 0. The monoisotopic (exact) mass is 476 g/mol. The van der Waals surface area contributed by atoms with E-state index >= 15 is 0 Å². The molecule has 2 aromatic carbocycles. The fraction of sp³-hybridized carbons (Fsp3) is 0.429. The summed E-state index contributed by atoms with van der Waals surface area (Å²) in [6, 6.07) is 12.9. The van der Waals surface area contributed by atoms with Crippen LogP contribution in [0, 0.1) is 27.7 Å². The Morgan fingerprint density at radius 3 is 2.68 bits per heavy atom. The number of aromatic nitrogens is 1. The van der Waals surface area contributed by atoms with Gasteiger partial charge in [0.05, 0.1) is 12.1 Å². The average Bonchev–Trinajstić information content (AvgIpc) is 3.27. The maximum absolute atomic E-state index is 13.1. The van der Waals surface area contributed by atoms with E-state index in [0.717, 1.165) is 53.8 Å². The van der Waals surface area contributed by atoms with Gasteiger partial charge >= 0.3 is 0 Å². The summed E-state index contributed by atoms with van der Waals surface area (Å²) in [7, 11) is 0. The fourth-order valence-corrected chi connectivity index (χ4v) is 5.21. The molecule has 0 amide bonds. The lowest BCUT2D eigenvalue weighted by Gasteiger charge is -2.32. The van der Waals surface area contributed by atoms with Gasteiger partial charge in [0.25, 0.3) is 5.56 Å². The minimum atomic E-state index is -0.0421. The minimum absolute atomic E-state index is 0.0421. The van der Waals surface area contributed by atoms with Gasteiger partial charge in [-0.15, -0.1) is 0 Å². The number of hydrogen-bond acceptors (Lipinski definition) is 3. The van der Waals surface area contributed by atoms with Gasteiger partial charge < -0.3 is 15.2 Å². The van der Waals surface area contributed by atoms with Crippen molar-refractivity contribution in [3.8, 4) is 0 Å². The van der Waals surface area contributed by atoms with Crippen LogP contribution in [0.3, 0.4) is 0 Å². The Hall–Kier alpha value is -2.70. The number of likely N-dealkylation sites (tertiary alicyclic amines) is 1. The second-order valence-corrected chi connectivity index (χ2v) is 9.96. The van der Waals surface area contributed by atoms with Gasteiger partial charge in [0.15, 0.2) is 5.11 Å². The van der Waals surface area contributed by atoms with Crippen molar-refractivity contribution in [2.24, 2.45) is 0 Å². The number of anilines is 1. The normalized spacial score (nSPS) is 16.2. The maximum atomic E-state index is 13.1. The molecular formula is C28H36N4OS. The molecule has 1 fully saturated rings. The van der Waals surface area contributed by atoms with E-state index in [1.165, 1.54) is 23.1 Å². The second kappa shape index (κ2) is 10.3. The molecule has 34 heavy (non-hydrogen) atoms. The first-order valence-electron chi connectivity index (χ1n) is 12.3. The lowest BCUT2D eigenvalue weighted by atomic mass is 10.0. The Morgan fingerprint density at radius 2 is 1.91 bits per heavy atom. The number of thiocarbonyl (C=S) groups is 1. The molecule has 0 unspecified atom stereocenters. The number of H-pyrrole nitrogens is 1. The molecule has 0 aliphatic carbocycles. The van der Waals surface area contributed by atoms with E-state index in [9.17, 15) is 4.79 Å². The van der Waals surface area contributed by atoms with E-state index in [0.29, 0.717) is 17.7 Å². The van der Waals surface area contributed by atoms with Crippen LogP contribution < -0.4 is 10.9 Å². The first-order chi connectivity index (χ1) is 16.3. The number of rotatable bonds is 6. The van der Waals surface area contributed by atoms with E-state index in [1.54, 1.807) is 0 Å². The van der Waals surface area contributed by atoms with E-state index in [-0.39, 0.29) is 5.56 Å². The van der Waals surface area contributed by atoms with Gasteiger partial charge in [0, 0.05) is 23.8 Å². The van der Waals surface area contributed by atoms with Crippen LogP contribution in [0.4, 0.5) is 5.69 Å². The second-order valence-electron chi connectivity index (χ2n) is 9.58. The van der Waals surface area contributed by atoms with E-state index in [4.69, 9.17) is 12.2 Å². The van der Waals surface area contributed by atoms with Gasteiger partial charge in [-0.05, 0) is 106 Å². The fourth-order valence-electron chi connectivity index (χ4n) is 4.97. The highest BCUT2D eigenvalue weighted by molar-refractivity contribution is 7.80. The molecule has 2 heterocycles. The van der Waals surface area contributed by atoms with Crippen LogP contribution in [0.1, 0.15) is 47.6 Å². The third-order valence-electron chi connectivity index (χ3n) is 7.46. The van der Waals surface area contributed by atoms with Crippen molar-refractivity contribution >= 4 is 33.9 Å². The molecule has 0 spiro atoms. The lowest BCUT2D eigenvalue weighted by Crippen LogP contribution is -2.45. The average molecular weight is 477 g/mol. The number of nitrogens with one attached hydrogen (secondary N) is 2. The number of nitrogens with zero attached hydrogens (tertiary/aromatic N) is 2. The Bertz CT molecular complexity index is 1270. The SMILES string of the molecule is CCN1CCC[C@@H]1CN(Cc1cc2ccc(C)c(C)c2[nH]c1=O)C(=S)Nc1cccc(C)c1C. The van der Waals surface area contributed by atoms with E-state index < -0.39 is 0 Å². The first kappa shape index (κ1) is 24.4. The van der Waals surface area contributed by atoms with Crippen molar-refractivity contribution in [2.75, 3.05) is 25.0 Å². The van der Waals surface area contributed by atoms with Gasteiger partial charge in [-0.3, -0.25) is 9.69 Å². The highest BCUT2D eigenvalue weighted by Gasteiger charge is 2.27. The van der Waals surface area contributed by atoms with Crippen molar-refractivity contribution in [1.82, 2.24) is 14.8 Å². The topological polar surface area (TPSA) is 51.4 Å². The number of likely N-dealkylation sites (N-methyl/N-ethyl adjacent to an activating group) is 1. The summed E-state index contributed by atoms with van der Waals surface area (Å²) in [4.78, 5) is 20.9. The molecular weight excluding hydrogens is 440 g/mol. The van der Waals surface area contributed by atoms with Crippen molar-refractivity contribution in [2.45, 2.75) is 60.0 Å². The van der Waals surface area contributed by atoms with Gasteiger partial charge in [0.1, 0.15) is 0 Å². The van der Waals surface area contributed by atoms with E-state index in [2.05, 4.69) is 79.0 Å². The molecule has 1 saturated heterocycles. The zero-order valence-electron chi connectivity index (χ0n) is 21.0. The van der Waals surface area contributed by atoms with Crippen LogP contribution >= 0.6 is 12.2 Å². The van der Waals surface area contributed by atoms with Crippen LogP contribution in [-0.4, -0.2) is 45.6 Å². The number of benzene rings is 2. The molecule has 1 aliphatic rings. The van der Waals surface area contributed by atoms with Gasteiger partial charge in [-0.2, -0.15) is 0 Å². The summed E-state index contributed by atoms with van der Waals surface area (Å²) in [6.07, 6.45) is 2.36. The molecule has 5 nitrogen and oxygen atoms in total. The van der Waals surface area contributed by atoms with Crippen molar-refractivity contribution in [3.05, 3.63) is 74.6 Å². The van der Waals surface area contributed by atoms with Gasteiger partial charge in [-0.25, -0.2) is 0 Å². The van der Waals surface area contributed by atoms with E-state index in [1.807, 2.05) is 12.1 Å². The minimum Gasteiger partial charge on any atom is -0.343 e. The Labute approximate surface area is 208 Å². The van der Waals surface area contributed by atoms with Crippen molar-refractivity contribution in [1.29, 1.82) is 0 Å². The third kappa shape index (κ3) is 5.03. The lowest BCUT2D eigenvalue weighted by molar-refractivity contribution is 0.221. The molecule has 1 aromatic heterocycles. The molecule has 2 N–H and O–H groups in total. The first-order valence-corrected chi connectivity index (χ1v) is 12.7. The van der Waals surface area contributed by atoms with Crippen LogP contribution in [0.25, 0.3) is 10.9 Å².